The van der Waals surface area contributed by atoms with E-state index in [1.807, 2.05) is 0 Å². The molecule has 0 aliphatic heterocycles. The molecule has 0 fully saturated rings. The van der Waals surface area contributed by atoms with Crippen LogP contribution in [-0.2, 0) is 10.1 Å². The van der Waals surface area contributed by atoms with Gasteiger partial charge in [-0.05, 0) is 39.0 Å². The van der Waals surface area contributed by atoms with Crippen molar-refractivity contribution in [1.82, 2.24) is 0 Å². The second-order valence-electron chi connectivity index (χ2n) is 4.21. The summed E-state index contributed by atoms with van der Waals surface area (Å²) >= 11 is 0. The summed E-state index contributed by atoms with van der Waals surface area (Å²) in [6.45, 7) is 6.76. The van der Waals surface area contributed by atoms with Crippen molar-refractivity contribution < 1.29 is 18.1 Å². The lowest BCUT2D eigenvalue weighted by Crippen LogP contribution is -1.96. The van der Waals surface area contributed by atoms with Gasteiger partial charge in [0.1, 0.15) is 0 Å². The molecule has 1 atom stereocenters. The SMILES string of the molecule is CC(C)=CCCC(C)CCO.CS(=O)(=O)O. The van der Waals surface area contributed by atoms with E-state index in [-0.39, 0.29) is 0 Å². The van der Waals surface area contributed by atoms with Gasteiger partial charge in [0.05, 0.1) is 6.26 Å². The fraction of sp³-hybridized carbons (Fsp3) is 0.818. The van der Waals surface area contributed by atoms with E-state index in [0.29, 0.717) is 18.8 Å². The summed E-state index contributed by atoms with van der Waals surface area (Å²) in [7, 11) is -3.67. The van der Waals surface area contributed by atoms with E-state index in [0.717, 1.165) is 12.8 Å². The van der Waals surface area contributed by atoms with E-state index in [9.17, 15) is 8.42 Å². The highest BCUT2D eigenvalue weighted by atomic mass is 32.2. The normalized spacial score (nSPS) is 12.4. The molecule has 0 amide bonds. The number of rotatable bonds is 5. The van der Waals surface area contributed by atoms with Crippen LogP contribution in [0.5, 0.6) is 0 Å². The van der Waals surface area contributed by atoms with Crippen molar-refractivity contribution in [2.45, 2.75) is 40.0 Å². The molecule has 0 aromatic heterocycles. The predicted molar refractivity (Wildman–Crippen MR) is 67.0 cm³/mol. The molecule has 0 spiro atoms. The van der Waals surface area contributed by atoms with Gasteiger partial charge in [-0.3, -0.25) is 4.55 Å². The van der Waals surface area contributed by atoms with Crippen molar-refractivity contribution >= 4 is 10.1 Å². The zero-order valence-corrected chi connectivity index (χ0v) is 11.4. The van der Waals surface area contributed by atoms with Crippen molar-refractivity contribution in [1.29, 1.82) is 0 Å². The van der Waals surface area contributed by atoms with Crippen LogP contribution >= 0.6 is 0 Å². The van der Waals surface area contributed by atoms with Crippen molar-refractivity contribution in [3.05, 3.63) is 11.6 Å². The van der Waals surface area contributed by atoms with E-state index in [4.69, 9.17) is 9.66 Å². The summed E-state index contributed by atoms with van der Waals surface area (Å²) in [4.78, 5) is 0. The molecule has 0 aliphatic carbocycles. The number of hydrogen-bond acceptors (Lipinski definition) is 3. The first-order chi connectivity index (χ1) is 7.16. The largest absolute Gasteiger partial charge is 0.396 e. The summed E-state index contributed by atoms with van der Waals surface area (Å²) in [6, 6.07) is 0. The van der Waals surface area contributed by atoms with Gasteiger partial charge < -0.3 is 5.11 Å². The molecule has 0 aliphatic rings. The Morgan fingerprint density at radius 3 is 2.06 bits per heavy atom. The maximum atomic E-state index is 9.19. The lowest BCUT2D eigenvalue weighted by Gasteiger charge is -2.06. The average molecular weight is 252 g/mol. The minimum absolute atomic E-state index is 0.329. The summed E-state index contributed by atoms with van der Waals surface area (Å²) in [5, 5.41) is 8.63. The Kier molecular flexibility index (Phi) is 11.0. The lowest BCUT2D eigenvalue weighted by atomic mass is 10.0. The second-order valence-corrected chi connectivity index (χ2v) is 5.68. The first-order valence-electron chi connectivity index (χ1n) is 5.33. The Balaban J connectivity index is 0. The quantitative estimate of drug-likeness (QED) is 0.581. The highest BCUT2D eigenvalue weighted by molar-refractivity contribution is 7.85. The number of aliphatic hydroxyl groups excluding tert-OH is 1. The van der Waals surface area contributed by atoms with Crippen LogP contribution in [0, 0.1) is 5.92 Å². The molecule has 0 aromatic rings. The maximum Gasteiger partial charge on any atom is 0.261 e. The van der Waals surface area contributed by atoms with Crippen LogP contribution in [0.2, 0.25) is 0 Å². The van der Waals surface area contributed by atoms with Crippen molar-refractivity contribution in [3.8, 4) is 0 Å². The second kappa shape index (κ2) is 9.81. The number of aliphatic hydroxyl groups is 1. The van der Waals surface area contributed by atoms with E-state index in [1.54, 1.807) is 0 Å². The average Bonchev–Trinajstić information content (AvgIpc) is 2.00. The first-order valence-corrected chi connectivity index (χ1v) is 7.18. The predicted octanol–water partition coefficient (Wildman–Crippen LogP) is 2.26. The van der Waals surface area contributed by atoms with Crippen LogP contribution in [0.3, 0.4) is 0 Å². The standard InChI is InChI=1S/C10H20O.CH4O3S/c1-9(2)5-4-6-10(3)7-8-11;1-5(2,3)4/h5,10-11H,4,6-8H2,1-3H3;1H3,(H,2,3,4). The van der Waals surface area contributed by atoms with Gasteiger partial charge in [0.15, 0.2) is 0 Å². The maximum absolute atomic E-state index is 9.19. The molecule has 0 radical (unpaired) electrons. The molecule has 2 N–H and O–H groups in total. The van der Waals surface area contributed by atoms with Crippen molar-refractivity contribution in [2.75, 3.05) is 12.9 Å². The Labute approximate surface area is 99.1 Å². The van der Waals surface area contributed by atoms with Gasteiger partial charge in [-0.25, -0.2) is 0 Å². The summed E-state index contributed by atoms with van der Waals surface area (Å²) < 4.78 is 25.9. The summed E-state index contributed by atoms with van der Waals surface area (Å²) in [5.74, 6) is 0.663. The fourth-order valence-corrected chi connectivity index (χ4v) is 1.02. The molecule has 0 rings (SSSR count). The Morgan fingerprint density at radius 2 is 1.75 bits per heavy atom. The number of allylic oxidation sites excluding steroid dienone is 2. The van der Waals surface area contributed by atoms with E-state index < -0.39 is 10.1 Å². The topological polar surface area (TPSA) is 74.6 Å². The van der Waals surface area contributed by atoms with Gasteiger partial charge in [0.2, 0.25) is 0 Å². The van der Waals surface area contributed by atoms with Crippen molar-refractivity contribution in [2.24, 2.45) is 5.92 Å². The summed E-state index contributed by atoms with van der Waals surface area (Å²) in [6.07, 6.45) is 6.27. The summed E-state index contributed by atoms with van der Waals surface area (Å²) in [5.41, 5.74) is 1.39. The highest BCUT2D eigenvalue weighted by Crippen LogP contribution is 2.10. The molecule has 0 aromatic carbocycles. The molecule has 0 saturated carbocycles. The molecule has 0 saturated heterocycles. The van der Waals surface area contributed by atoms with Crippen molar-refractivity contribution in [3.63, 3.8) is 0 Å². The zero-order valence-electron chi connectivity index (χ0n) is 10.6. The molecule has 0 heterocycles. The van der Waals surface area contributed by atoms with Crippen LogP contribution in [0.1, 0.15) is 40.0 Å². The van der Waals surface area contributed by atoms with Gasteiger partial charge in [-0.2, -0.15) is 8.42 Å². The molecule has 4 nitrogen and oxygen atoms in total. The van der Waals surface area contributed by atoms with Gasteiger partial charge >= 0.3 is 0 Å². The molecule has 5 heteroatoms. The van der Waals surface area contributed by atoms with Crippen LogP contribution in [0.25, 0.3) is 0 Å². The van der Waals surface area contributed by atoms with Crippen LogP contribution < -0.4 is 0 Å². The molecule has 1 unspecified atom stereocenters. The van der Waals surface area contributed by atoms with Crippen LogP contribution in [0.15, 0.2) is 11.6 Å². The molecular formula is C11H24O4S. The monoisotopic (exact) mass is 252 g/mol. The van der Waals surface area contributed by atoms with Gasteiger partial charge in [-0.1, -0.05) is 18.6 Å². The van der Waals surface area contributed by atoms with Crippen LogP contribution in [0.4, 0.5) is 0 Å². The fourth-order valence-electron chi connectivity index (χ4n) is 1.02. The number of hydrogen-bond donors (Lipinski definition) is 2. The molecular weight excluding hydrogens is 228 g/mol. The Hall–Kier alpha value is -0.390. The third-order valence-corrected chi connectivity index (χ3v) is 1.83. The Bertz CT molecular complexity index is 268. The minimum Gasteiger partial charge on any atom is -0.396 e. The third-order valence-electron chi connectivity index (χ3n) is 1.83. The Morgan fingerprint density at radius 1 is 1.31 bits per heavy atom. The van der Waals surface area contributed by atoms with Crippen LogP contribution in [-0.4, -0.2) is 30.9 Å². The molecule has 98 valence electrons. The zero-order chi connectivity index (χ0) is 13.2. The van der Waals surface area contributed by atoms with E-state index >= 15 is 0 Å². The minimum atomic E-state index is -3.67. The van der Waals surface area contributed by atoms with E-state index in [1.165, 1.54) is 12.0 Å². The molecule has 0 bridgehead atoms. The molecule has 16 heavy (non-hydrogen) atoms. The third kappa shape index (κ3) is 29.2. The highest BCUT2D eigenvalue weighted by Gasteiger charge is 1.98. The van der Waals surface area contributed by atoms with E-state index in [2.05, 4.69) is 26.8 Å². The smallest absolute Gasteiger partial charge is 0.261 e. The van der Waals surface area contributed by atoms with Gasteiger partial charge in [-0.15, -0.1) is 0 Å². The lowest BCUT2D eigenvalue weighted by molar-refractivity contribution is 0.259. The van der Waals surface area contributed by atoms with Gasteiger partial charge in [0, 0.05) is 6.61 Å². The van der Waals surface area contributed by atoms with Gasteiger partial charge in [0.25, 0.3) is 10.1 Å². The first kappa shape index (κ1) is 18.0.